The first kappa shape index (κ1) is 17.5. The summed E-state index contributed by atoms with van der Waals surface area (Å²) in [7, 11) is 0. The summed E-state index contributed by atoms with van der Waals surface area (Å²) in [4.78, 5) is 28.0. The van der Waals surface area contributed by atoms with Crippen LogP contribution in [0.4, 0.5) is 0 Å². The van der Waals surface area contributed by atoms with Gasteiger partial charge in [0.15, 0.2) is 23.9 Å². The maximum absolute atomic E-state index is 12.2. The summed E-state index contributed by atoms with van der Waals surface area (Å²) in [5, 5.41) is 0.215. The van der Waals surface area contributed by atoms with E-state index >= 15 is 0 Å². The van der Waals surface area contributed by atoms with Gasteiger partial charge in [-0.15, -0.1) is 0 Å². The molecule has 0 saturated carbocycles. The number of esters is 1. The van der Waals surface area contributed by atoms with E-state index in [9.17, 15) is 9.59 Å². The number of ether oxygens (including phenoxy) is 3. The van der Waals surface area contributed by atoms with E-state index in [0.29, 0.717) is 30.3 Å². The smallest absolute Gasteiger partial charge is 0.340 e. The Bertz CT molecular complexity index is 825. The van der Waals surface area contributed by atoms with Crippen LogP contribution in [0, 0.1) is 0 Å². The van der Waals surface area contributed by atoms with E-state index in [4.69, 9.17) is 37.4 Å². The van der Waals surface area contributed by atoms with Gasteiger partial charge in [-0.1, -0.05) is 23.2 Å². The van der Waals surface area contributed by atoms with Gasteiger partial charge >= 0.3 is 5.97 Å². The van der Waals surface area contributed by atoms with Gasteiger partial charge in [-0.05, 0) is 24.3 Å². The highest BCUT2D eigenvalue weighted by Crippen LogP contribution is 2.30. The number of aromatic nitrogens is 1. The maximum Gasteiger partial charge on any atom is 0.340 e. The second kappa shape index (κ2) is 7.72. The summed E-state index contributed by atoms with van der Waals surface area (Å²) in [5.74, 6) is 0.0158. The lowest BCUT2D eigenvalue weighted by Crippen LogP contribution is -2.14. The van der Waals surface area contributed by atoms with Crippen molar-refractivity contribution in [2.75, 3.05) is 19.8 Å². The number of rotatable bonds is 4. The first-order chi connectivity index (χ1) is 12.0. The molecule has 0 bridgehead atoms. The Morgan fingerprint density at radius 1 is 1.08 bits per heavy atom. The third kappa shape index (κ3) is 4.21. The topological polar surface area (TPSA) is 74.7 Å². The molecule has 0 atom stereocenters. The quantitative estimate of drug-likeness (QED) is 0.457. The second-order valence-electron chi connectivity index (χ2n) is 5.21. The van der Waals surface area contributed by atoms with Crippen LogP contribution in [0.3, 0.4) is 0 Å². The molecule has 2 heterocycles. The lowest BCUT2D eigenvalue weighted by Gasteiger charge is -2.09. The van der Waals surface area contributed by atoms with E-state index in [1.165, 1.54) is 12.3 Å². The molecular weight excluding hydrogens is 369 g/mol. The molecule has 3 rings (SSSR count). The molecule has 1 aliphatic rings. The van der Waals surface area contributed by atoms with Crippen LogP contribution in [0.15, 0.2) is 30.5 Å². The monoisotopic (exact) mass is 381 g/mol. The van der Waals surface area contributed by atoms with Crippen molar-refractivity contribution >= 4 is 35.0 Å². The molecule has 0 fully saturated rings. The van der Waals surface area contributed by atoms with Crippen molar-refractivity contribution in [2.24, 2.45) is 0 Å². The van der Waals surface area contributed by atoms with Gasteiger partial charge in [-0.2, -0.15) is 0 Å². The molecule has 0 unspecified atom stereocenters. The van der Waals surface area contributed by atoms with Crippen molar-refractivity contribution in [2.45, 2.75) is 6.42 Å². The fourth-order valence-corrected chi connectivity index (χ4v) is 2.44. The van der Waals surface area contributed by atoms with E-state index in [-0.39, 0.29) is 21.5 Å². The molecule has 2 aromatic rings. The van der Waals surface area contributed by atoms with E-state index in [2.05, 4.69) is 4.98 Å². The standard InChI is InChI=1S/C17H13Cl2NO5/c18-12-6-11(8-20-16(12)19)17(22)25-9-13(21)10-2-3-14-15(7-10)24-5-1-4-23-14/h2-3,6-8H,1,4-5,9H2. The van der Waals surface area contributed by atoms with Crippen LogP contribution in [0.2, 0.25) is 10.2 Å². The summed E-state index contributed by atoms with van der Waals surface area (Å²) in [6, 6.07) is 6.18. The molecule has 25 heavy (non-hydrogen) atoms. The van der Waals surface area contributed by atoms with Crippen LogP contribution in [-0.2, 0) is 4.74 Å². The minimum atomic E-state index is -0.714. The van der Waals surface area contributed by atoms with Crippen LogP contribution in [0.25, 0.3) is 0 Å². The number of Topliss-reactive ketones (excluding diaryl/α,β-unsaturated/α-hetero) is 1. The molecule has 0 amide bonds. The first-order valence-electron chi connectivity index (χ1n) is 7.45. The van der Waals surface area contributed by atoms with Crippen molar-refractivity contribution in [3.05, 3.63) is 51.8 Å². The van der Waals surface area contributed by atoms with Gasteiger partial charge in [-0.25, -0.2) is 9.78 Å². The van der Waals surface area contributed by atoms with E-state index in [1.807, 2.05) is 0 Å². The second-order valence-corrected chi connectivity index (χ2v) is 5.97. The van der Waals surface area contributed by atoms with E-state index < -0.39 is 12.6 Å². The summed E-state index contributed by atoms with van der Waals surface area (Å²) in [6.45, 7) is 0.665. The zero-order chi connectivity index (χ0) is 17.8. The zero-order valence-electron chi connectivity index (χ0n) is 13.0. The minimum absolute atomic E-state index is 0.0847. The number of pyridine rings is 1. The third-order valence-corrected chi connectivity index (χ3v) is 4.12. The molecule has 0 N–H and O–H groups in total. The van der Waals surface area contributed by atoms with Gasteiger partial charge in [0.1, 0.15) is 5.15 Å². The van der Waals surface area contributed by atoms with Crippen molar-refractivity contribution in [1.82, 2.24) is 4.98 Å². The summed E-state index contributed by atoms with van der Waals surface area (Å²) >= 11 is 11.5. The van der Waals surface area contributed by atoms with Gasteiger partial charge in [0, 0.05) is 18.2 Å². The van der Waals surface area contributed by atoms with E-state index in [0.717, 1.165) is 6.42 Å². The van der Waals surface area contributed by atoms with Gasteiger partial charge in [0.2, 0.25) is 0 Å². The van der Waals surface area contributed by atoms with E-state index in [1.54, 1.807) is 18.2 Å². The molecule has 130 valence electrons. The average molecular weight is 382 g/mol. The van der Waals surface area contributed by atoms with Crippen LogP contribution in [0.5, 0.6) is 11.5 Å². The molecule has 8 heteroatoms. The Balaban J connectivity index is 1.65. The number of carbonyl (C=O) groups excluding carboxylic acids is 2. The lowest BCUT2D eigenvalue weighted by atomic mass is 10.1. The Labute approximate surface area is 153 Å². The van der Waals surface area contributed by atoms with Crippen molar-refractivity contribution in [3.63, 3.8) is 0 Å². The van der Waals surface area contributed by atoms with Gasteiger partial charge in [-0.3, -0.25) is 4.79 Å². The number of hydrogen-bond donors (Lipinski definition) is 0. The van der Waals surface area contributed by atoms with Gasteiger partial charge in [0.25, 0.3) is 0 Å². The number of halogens is 2. The summed E-state index contributed by atoms with van der Waals surface area (Å²) in [5.41, 5.74) is 0.477. The predicted molar refractivity (Wildman–Crippen MR) is 90.9 cm³/mol. The fourth-order valence-electron chi connectivity index (χ4n) is 2.17. The largest absolute Gasteiger partial charge is 0.490 e. The molecular formula is C17H13Cl2NO5. The Kier molecular flexibility index (Phi) is 5.40. The first-order valence-corrected chi connectivity index (χ1v) is 8.21. The zero-order valence-corrected chi connectivity index (χ0v) is 14.5. The number of benzene rings is 1. The minimum Gasteiger partial charge on any atom is -0.490 e. The molecule has 0 aliphatic carbocycles. The van der Waals surface area contributed by atoms with Gasteiger partial charge < -0.3 is 14.2 Å². The molecule has 1 aliphatic heterocycles. The SMILES string of the molecule is O=C(COC(=O)c1cnc(Cl)c(Cl)c1)c1ccc2c(c1)OCCCO2. The number of hydrogen-bond acceptors (Lipinski definition) is 6. The number of carbonyl (C=O) groups is 2. The Morgan fingerprint density at radius 2 is 1.84 bits per heavy atom. The molecule has 0 saturated heterocycles. The maximum atomic E-state index is 12.2. The Morgan fingerprint density at radius 3 is 2.60 bits per heavy atom. The molecule has 1 aromatic carbocycles. The van der Waals surface area contributed by atoms with Crippen molar-refractivity contribution < 1.29 is 23.8 Å². The van der Waals surface area contributed by atoms with Crippen LogP contribution in [-0.4, -0.2) is 36.6 Å². The van der Waals surface area contributed by atoms with Crippen molar-refractivity contribution in [1.29, 1.82) is 0 Å². The highest BCUT2D eigenvalue weighted by Gasteiger charge is 2.17. The lowest BCUT2D eigenvalue weighted by molar-refractivity contribution is 0.0474. The highest BCUT2D eigenvalue weighted by atomic mass is 35.5. The third-order valence-electron chi connectivity index (χ3n) is 3.44. The van der Waals surface area contributed by atoms with Crippen molar-refractivity contribution in [3.8, 4) is 11.5 Å². The van der Waals surface area contributed by atoms with Crippen LogP contribution < -0.4 is 9.47 Å². The number of nitrogens with zero attached hydrogens (tertiary/aromatic N) is 1. The Hall–Kier alpha value is -2.31. The molecule has 1 aromatic heterocycles. The highest BCUT2D eigenvalue weighted by molar-refractivity contribution is 6.41. The van der Waals surface area contributed by atoms with Crippen LogP contribution in [0.1, 0.15) is 27.1 Å². The normalized spacial score (nSPS) is 13.0. The average Bonchev–Trinajstić information content (AvgIpc) is 2.86. The summed E-state index contributed by atoms with van der Waals surface area (Å²) < 4.78 is 16.1. The van der Waals surface area contributed by atoms with Crippen LogP contribution >= 0.6 is 23.2 Å². The predicted octanol–water partition coefficient (Wildman–Crippen LogP) is 3.59. The van der Waals surface area contributed by atoms with Gasteiger partial charge in [0.05, 0.1) is 23.8 Å². The number of fused-ring (bicyclic) bond motifs is 1. The number of ketones is 1. The fraction of sp³-hybridized carbons (Fsp3) is 0.235. The summed E-state index contributed by atoms with van der Waals surface area (Å²) in [6.07, 6.45) is 2.00. The molecule has 0 spiro atoms. The molecule has 6 nitrogen and oxygen atoms in total. The molecule has 0 radical (unpaired) electrons.